The number of rotatable bonds is 8. The first-order valence-corrected chi connectivity index (χ1v) is 9.07. The normalized spacial score (nSPS) is 11.0. The number of ether oxygens (including phenoxy) is 1. The molecule has 0 saturated heterocycles. The molecule has 1 atom stereocenters. The van der Waals surface area contributed by atoms with E-state index in [4.69, 9.17) is 25.8 Å². The van der Waals surface area contributed by atoms with Crippen LogP contribution in [0.3, 0.4) is 0 Å². The van der Waals surface area contributed by atoms with Crippen LogP contribution in [0.15, 0.2) is 36.4 Å². The second kappa shape index (κ2) is 12.1. The summed E-state index contributed by atoms with van der Waals surface area (Å²) >= 11 is 0. The minimum atomic E-state index is -1.54. The summed E-state index contributed by atoms with van der Waals surface area (Å²) < 4.78 is 33.8. The van der Waals surface area contributed by atoms with Crippen LogP contribution < -0.4 is 11.1 Å². The Labute approximate surface area is 177 Å². The number of amidine groups is 1. The average molecular weight is 435 g/mol. The van der Waals surface area contributed by atoms with Gasteiger partial charge in [0, 0.05) is 25.6 Å². The molecule has 0 aliphatic heterocycles. The van der Waals surface area contributed by atoms with E-state index in [2.05, 4.69) is 5.32 Å². The summed E-state index contributed by atoms with van der Waals surface area (Å²) in [4.78, 5) is 32.4. The number of amides is 1. The number of nitrogen functional groups attached to an aromatic ring is 1. The van der Waals surface area contributed by atoms with Gasteiger partial charge in [0.25, 0.3) is 11.9 Å². The number of carboxylic acid groups (broad SMARTS) is 1. The van der Waals surface area contributed by atoms with Crippen molar-refractivity contribution in [3.8, 4) is 0 Å². The second-order valence-electron chi connectivity index (χ2n) is 6.16. The molecule has 0 fully saturated rings. The lowest BCUT2D eigenvalue weighted by atomic mass is 10.0. The van der Waals surface area contributed by atoms with Crippen molar-refractivity contribution in [2.45, 2.75) is 26.5 Å². The fourth-order valence-electron chi connectivity index (χ4n) is 2.46. The van der Waals surface area contributed by atoms with Crippen molar-refractivity contribution < 1.29 is 33.0 Å². The highest BCUT2D eigenvalue weighted by molar-refractivity contribution is 5.94. The number of nitrogens with two attached hydrogens (primary N) is 1. The quantitative estimate of drug-likeness (QED) is 0.285. The molecule has 8 nitrogen and oxygen atoms in total. The molecule has 31 heavy (non-hydrogen) atoms. The molecule has 0 aliphatic rings. The maximum absolute atomic E-state index is 14.4. The van der Waals surface area contributed by atoms with Crippen LogP contribution >= 0.6 is 0 Å². The van der Waals surface area contributed by atoms with Crippen molar-refractivity contribution in [2.75, 3.05) is 6.61 Å². The van der Waals surface area contributed by atoms with Crippen LogP contribution in [0.5, 0.6) is 0 Å². The standard InChI is InChI=1S/C19H19F2N3O3.C2H4O2/c1-2-27-17(15-14(20)8-7-13(10-25)16(15)21)19(26)24-9-11-3-5-12(6-4-11)18(22)23;1-2(3)4/h3-8,10,17H,2,9H2,1H3,(H3,22,23)(H,24,26);1H3,(H,3,4). The maximum Gasteiger partial charge on any atom is 0.300 e. The third-order valence-electron chi connectivity index (χ3n) is 3.85. The van der Waals surface area contributed by atoms with Crippen molar-refractivity contribution in [3.05, 3.63) is 70.3 Å². The number of nitrogens with one attached hydrogen (secondary N) is 2. The Kier molecular flexibility index (Phi) is 9.93. The van der Waals surface area contributed by atoms with E-state index < -0.39 is 35.2 Å². The molecule has 2 aromatic carbocycles. The number of carbonyl (C=O) groups is 3. The maximum atomic E-state index is 14.4. The number of aldehydes is 1. The highest BCUT2D eigenvalue weighted by Crippen LogP contribution is 2.26. The fourth-order valence-corrected chi connectivity index (χ4v) is 2.46. The lowest BCUT2D eigenvalue weighted by Crippen LogP contribution is -2.32. The van der Waals surface area contributed by atoms with Gasteiger partial charge in [-0.05, 0) is 24.6 Å². The molecule has 0 saturated carbocycles. The molecular weight excluding hydrogens is 412 g/mol. The molecule has 1 amide bonds. The van der Waals surface area contributed by atoms with Crippen molar-refractivity contribution in [2.24, 2.45) is 5.73 Å². The van der Waals surface area contributed by atoms with E-state index in [0.717, 1.165) is 19.1 Å². The molecule has 1 unspecified atom stereocenters. The highest BCUT2D eigenvalue weighted by Gasteiger charge is 2.29. The summed E-state index contributed by atoms with van der Waals surface area (Å²) in [6.45, 7) is 2.78. The first-order valence-electron chi connectivity index (χ1n) is 9.07. The SMILES string of the molecule is CC(=O)O.CCOC(C(=O)NCc1ccc(C(=N)N)cc1)c1c(F)ccc(C=O)c1F. The molecular formula is C21H23F2N3O5. The van der Waals surface area contributed by atoms with E-state index in [9.17, 15) is 18.4 Å². The molecule has 0 spiro atoms. The van der Waals surface area contributed by atoms with Gasteiger partial charge in [-0.2, -0.15) is 0 Å². The monoisotopic (exact) mass is 435 g/mol. The van der Waals surface area contributed by atoms with Crippen LogP contribution in [0.2, 0.25) is 0 Å². The van der Waals surface area contributed by atoms with E-state index in [1.165, 1.54) is 0 Å². The molecule has 166 valence electrons. The van der Waals surface area contributed by atoms with Crippen LogP contribution in [0.25, 0.3) is 0 Å². The number of aliphatic carboxylic acids is 1. The van der Waals surface area contributed by atoms with Crippen LogP contribution in [-0.2, 0) is 20.9 Å². The van der Waals surface area contributed by atoms with Gasteiger partial charge in [-0.15, -0.1) is 0 Å². The van der Waals surface area contributed by atoms with Gasteiger partial charge in [-0.1, -0.05) is 24.3 Å². The van der Waals surface area contributed by atoms with Gasteiger partial charge in [0.05, 0.1) is 11.1 Å². The lowest BCUT2D eigenvalue weighted by Gasteiger charge is -2.19. The van der Waals surface area contributed by atoms with E-state index in [-0.39, 0.29) is 30.8 Å². The zero-order valence-electron chi connectivity index (χ0n) is 16.9. The van der Waals surface area contributed by atoms with Crippen LogP contribution in [-0.4, -0.2) is 35.7 Å². The predicted molar refractivity (Wildman–Crippen MR) is 109 cm³/mol. The molecule has 0 radical (unpaired) electrons. The van der Waals surface area contributed by atoms with Crippen molar-refractivity contribution in [3.63, 3.8) is 0 Å². The first kappa shape index (κ1) is 25.4. The smallest absolute Gasteiger partial charge is 0.300 e. The van der Waals surface area contributed by atoms with Crippen LogP contribution in [0.4, 0.5) is 8.78 Å². The van der Waals surface area contributed by atoms with Gasteiger partial charge < -0.3 is 20.9 Å². The Morgan fingerprint density at radius 2 is 1.81 bits per heavy atom. The van der Waals surface area contributed by atoms with Crippen LogP contribution in [0, 0.1) is 17.0 Å². The molecule has 0 aromatic heterocycles. The predicted octanol–water partition coefficient (Wildman–Crippen LogP) is 2.55. The van der Waals surface area contributed by atoms with E-state index in [0.29, 0.717) is 11.1 Å². The van der Waals surface area contributed by atoms with E-state index >= 15 is 0 Å². The Hall–Kier alpha value is -3.66. The summed E-state index contributed by atoms with van der Waals surface area (Å²) in [5, 5.41) is 17.3. The lowest BCUT2D eigenvalue weighted by molar-refractivity contribution is -0.134. The van der Waals surface area contributed by atoms with Crippen molar-refractivity contribution in [1.29, 1.82) is 5.41 Å². The van der Waals surface area contributed by atoms with Crippen molar-refractivity contribution in [1.82, 2.24) is 5.32 Å². The van der Waals surface area contributed by atoms with Crippen LogP contribution in [0.1, 0.15) is 47.0 Å². The number of carboxylic acids is 1. The van der Waals surface area contributed by atoms with Gasteiger partial charge in [0.2, 0.25) is 0 Å². The molecule has 0 bridgehead atoms. The highest BCUT2D eigenvalue weighted by atomic mass is 19.1. The zero-order chi connectivity index (χ0) is 23.6. The molecule has 5 N–H and O–H groups in total. The largest absolute Gasteiger partial charge is 0.481 e. The minimum absolute atomic E-state index is 0.0373. The Balaban J connectivity index is 0.00000110. The van der Waals surface area contributed by atoms with Gasteiger partial charge in [0.1, 0.15) is 17.5 Å². The number of benzene rings is 2. The minimum Gasteiger partial charge on any atom is -0.481 e. The molecule has 0 heterocycles. The Morgan fingerprint density at radius 3 is 2.29 bits per heavy atom. The Bertz CT molecular complexity index is 945. The molecule has 2 aromatic rings. The summed E-state index contributed by atoms with van der Waals surface area (Å²) in [6, 6.07) is 8.50. The zero-order valence-corrected chi connectivity index (χ0v) is 16.9. The summed E-state index contributed by atoms with van der Waals surface area (Å²) in [5.74, 6) is -3.75. The number of carbonyl (C=O) groups excluding carboxylic acids is 2. The van der Waals surface area contributed by atoms with E-state index in [1.807, 2.05) is 0 Å². The topological polar surface area (TPSA) is 143 Å². The number of hydrogen-bond acceptors (Lipinski definition) is 5. The fraction of sp³-hybridized carbons (Fsp3) is 0.238. The first-order chi connectivity index (χ1) is 14.6. The van der Waals surface area contributed by atoms with Crippen molar-refractivity contribution >= 4 is 24.0 Å². The number of hydrogen-bond donors (Lipinski definition) is 4. The van der Waals surface area contributed by atoms with Gasteiger partial charge in [-0.3, -0.25) is 19.8 Å². The third kappa shape index (κ3) is 7.59. The number of halogens is 2. The molecule has 0 aliphatic carbocycles. The summed E-state index contributed by atoms with van der Waals surface area (Å²) in [7, 11) is 0. The third-order valence-corrected chi connectivity index (χ3v) is 3.85. The van der Waals surface area contributed by atoms with Gasteiger partial charge in [-0.25, -0.2) is 8.78 Å². The average Bonchev–Trinajstić information content (AvgIpc) is 2.71. The van der Waals surface area contributed by atoms with Gasteiger partial charge >= 0.3 is 0 Å². The molecule has 2 rings (SSSR count). The Morgan fingerprint density at radius 1 is 1.23 bits per heavy atom. The van der Waals surface area contributed by atoms with E-state index in [1.54, 1.807) is 31.2 Å². The second-order valence-corrected chi connectivity index (χ2v) is 6.16. The van der Waals surface area contributed by atoms with Gasteiger partial charge in [0.15, 0.2) is 12.4 Å². The summed E-state index contributed by atoms with van der Waals surface area (Å²) in [5.41, 5.74) is 5.65. The summed E-state index contributed by atoms with van der Waals surface area (Å²) in [6.07, 6.45) is -1.29. The molecule has 10 heteroatoms.